The van der Waals surface area contributed by atoms with Crippen molar-refractivity contribution in [2.75, 3.05) is 13.1 Å². The first-order chi connectivity index (χ1) is 14.0. The van der Waals surface area contributed by atoms with Crippen molar-refractivity contribution in [2.24, 2.45) is 4.99 Å². The average Bonchev–Trinajstić information content (AvgIpc) is 3.36. The van der Waals surface area contributed by atoms with Gasteiger partial charge < -0.3 is 20.2 Å². The lowest BCUT2D eigenvalue weighted by Gasteiger charge is -2.22. The van der Waals surface area contributed by atoms with Gasteiger partial charge in [-0.2, -0.15) is 5.10 Å². The predicted molar refractivity (Wildman–Crippen MR) is 111 cm³/mol. The third-order valence-electron chi connectivity index (χ3n) is 4.44. The molecular weight excluding hydrogens is 368 g/mol. The van der Waals surface area contributed by atoms with Crippen molar-refractivity contribution in [3.63, 3.8) is 0 Å². The SMILES string of the molecule is CCNC(=NCc1cccc(Cn2cncn2)c1)NCC(C)(O)c1ccc(C)o1. The van der Waals surface area contributed by atoms with E-state index in [1.807, 2.05) is 32.0 Å². The van der Waals surface area contributed by atoms with Crippen LogP contribution in [0.3, 0.4) is 0 Å². The fourth-order valence-corrected chi connectivity index (χ4v) is 2.91. The van der Waals surface area contributed by atoms with Crippen LogP contribution in [0.4, 0.5) is 0 Å². The van der Waals surface area contributed by atoms with Gasteiger partial charge in [0.15, 0.2) is 5.96 Å². The number of nitrogens with one attached hydrogen (secondary N) is 2. The largest absolute Gasteiger partial charge is 0.463 e. The van der Waals surface area contributed by atoms with Gasteiger partial charge in [-0.25, -0.2) is 14.7 Å². The first-order valence-electron chi connectivity index (χ1n) is 9.68. The van der Waals surface area contributed by atoms with Crippen molar-refractivity contribution in [1.29, 1.82) is 0 Å². The second-order valence-electron chi connectivity index (χ2n) is 7.15. The van der Waals surface area contributed by atoms with E-state index in [2.05, 4.69) is 37.8 Å². The molecule has 1 unspecified atom stereocenters. The molecule has 2 aromatic heterocycles. The van der Waals surface area contributed by atoms with Crippen LogP contribution >= 0.6 is 0 Å². The third kappa shape index (κ3) is 5.92. The Labute approximate surface area is 170 Å². The van der Waals surface area contributed by atoms with E-state index >= 15 is 0 Å². The first-order valence-corrected chi connectivity index (χ1v) is 9.68. The number of aromatic nitrogens is 3. The van der Waals surface area contributed by atoms with Gasteiger partial charge in [0.05, 0.1) is 19.6 Å². The lowest BCUT2D eigenvalue weighted by molar-refractivity contribution is 0.0378. The number of furan rings is 1. The lowest BCUT2D eigenvalue weighted by atomic mass is 10.0. The third-order valence-corrected chi connectivity index (χ3v) is 4.44. The maximum absolute atomic E-state index is 10.7. The summed E-state index contributed by atoms with van der Waals surface area (Å²) < 4.78 is 7.35. The Kier molecular flexibility index (Phi) is 6.66. The van der Waals surface area contributed by atoms with Gasteiger partial charge >= 0.3 is 0 Å². The van der Waals surface area contributed by atoms with Gasteiger partial charge in [0.25, 0.3) is 0 Å². The van der Waals surface area contributed by atoms with Crippen LogP contribution in [0.25, 0.3) is 0 Å². The Morgan fingerprint density at radius 2 is 2.07 bits per heavy atom. The van der Waals surface area contributed by atoms with Crippen molar-refractivity contribution in [2.45, 2.75) is 39.5 Å². The van der Waals surface area contributed by atoms with Crippen molar-refractivity contribution < 1.29 is 9.52 Å². The van der Waals surface area contributed by atoms with E-state index in [1.165, 1.54) is 6.33 Å². The number of aliphatic imine (C=N–C) groups is 1. The van der Waals surface area contributed by atoms with Crippen LogP contribution in [0, 0.1) is 6.92 Å². The molecule has 0 fully saturated rings. The van der Waals surface area contributed by atoms with E-state index < -0.39 is 5.60 Å². The van der Waals surface area contributed by atoms with E-state index in [0.29, 0.717) is 24.8 Å². The normalized spacial score (nSPS) is 13.9. The van der Waals surface area contributed by atoms with Crippen LogP contribution in [-0.2, 0) is 18.7 Å². The summed E-state index contributed by atoms with van der Waals surface area (Å²) in [7, 11) is 0. The van der Waals surface area contributed by atoms with Crippen molar-refractivity contribution in [3.8, 4) is 0 Å². The zero-order valence-electron chi connectivity index (χ0n) is 17.1. The molecule has 2 heterocycles. The van der Waals surface area contributed by atoms with Crippen LogP contribution in [0.1, 0.15) is 36.5 Å². The Morgan fingerprint density at radius 1 is 1.24 bits per heavy atom. The Morgan fingerprint density at radius 3 is 2.76 bits per heavy atom. The molecule has 3 N–H and O–H groups in total. The van der Waals surface area contributed by atoms with Crippen LogP contribution in [0.2, 0.25) is 0 Å². The number of nitrogens with zero attached hydrogens (tertiary/aromatic N) is 4. The monoisotopic (exact) mass is 396 g/mol. The number of aliphatic hydroxyl groups is 1. The average molecular weight is 396 g/mol. The predicted octanol–water partition coefficient (Wildman–Crippen LogP) is 2.19. The van der Waals surface area contributed by atoms with Crippen molar-refractivity contribution in [1.82, 2.24) is 25.4 Å². The second-order valence-corrected chi connectivity index (χ2v) is 7.15. The summed E-state index contributed by atoms with van der Waals surface area (Å²) in [5.74, 6) is 1.93. The molecule has 3 rings (SSSR count). The Bertz CT molecular complexity index is 930. The topological polar surface area (TPSA) is 100 Å². The molecular formula is C21H28N6O2. The van der Waals surface area contributed by atoms with Crippen molar-refractivity contribution >= 4 is 5.96 Å². The molecule has 3 aromatic rings. The Balaban J connectivity index is 1.63. The number of hydrogen-bond donors (Lipinski definition) is 3. The number of benzene rings is 1. The summed E-state index contributed by atoms with van der Waals surface area (Å²) in [4.78, 5) is 8.61. The summed E-state index contributed by atoms with van der Waals surface area (Å²) in [6.07, 6.45) is 3.23. The molecule has 154 valence electrons. The maximum atomic E-state index is 10.7. The van der Waals surface area contributed by atoms with Gasteiger partial charge in [-0.05, 0) is 44.0 Å². The summed E-state index contributed by atoms with van der Waals surface area (Å²) in [5.41, 5.74) is 1.09. The van der Waals surface area contributed by atoms with Gasteiger partial charge in [-0.1, -0.05) is 24.3 Å². The van der Waals surface area contributed by atoms with Crippen LogP contribution in [0.5, 0.6) is 0 Å². The molecule has 0 bridgehead atoms. The molecule has 8 nitrogen and oxygen atoms in total. The number of aryl methyl sites for hydroxylation is 1. The molecule has 29 heavy (non-hydrogen) atoms. The number of hydrogen-bond acceptors (Lipinski definition) is 5. The maximum Gasteiger partial charge on any atom is 0.191 e. The second kappa shape index (κ2) is 9.38. The van der Waals surface area contributed by atoms with Gasteiger partial charge in [0, 0.05) is 6.54 Å². The molecule has 0 saturated carbocycles. The highest BCUT2D eigenvalue weighted by Gasteiger charge is 2.27. The Hall–Kier alpha value is -3.13. The van der Waals surface area contributed by atoms with E-state index in [0.717, 1.165) is 23.4 Å². The summed E-state index contributed by atoms with van der Waals surface area (Å²) in [6.45, 7) is 7.76. The molecule has 1 atom stereocenters. The van der Waals surface area contributed by atoms with E-state index in [-0.39, 0.29) is 6.54 Å². The summed E-state index contributed by atoms with van der Waals surface area (Å²) in [5, 5.41) is 21.3. The highest BCUT2D eigenvalue weighted by atomic mass is 16.4. The molecule has 8 heteroatoms. The van der Waals surface area contributed by atoms with Crippen LogP contribution in [0.15, 0.2) is 58.5 Å². The molecule has 0 spiro atoms. The minimum atomic E-state index is -1.14. The molecule has 0 radical (unpaired) electrons. The molecule has 0 aliphatic carbocycles. The fourth-order valence-electron chi connectivity index (χ4n) is 2.91. The first kappa shape index (κ1) is 20.6. The fraction of sp³-hybridized carbons (Fsp3) is 0.381. The molecule has 0 saturated heterocycles. The van der Waals surface area contributed by atoms with Gasteiger partial charge in [0.2, 0.25) is 0 Å². The van der Waals surface area contributed by atoms with Gasteiger partial charge in [0.1, 0.15) is 29.8 Å². The quantitative estimate of drug-likeness (QED) is 0.399. The van der Waals surface area contributed by atoms with Crippen molar-refractivity contribution in [3.05, 3.63) is 71.7 Å². The lowest BCUT2D eigenvalue weighted by Crippen LogP contribution is -2.44. The van der Waals surface area contributed by atoms with Crippen LogP contribution in [-0.4, -0.2) is 38.9 Å². The highest BCUT2D eigenvalue weighted by molar-refractivity contribution is 5.79. The van der Waals surface area contributed by atoms with Crippen LogP contribution < -0.4 is 10.6 Å². The van der Waals surface area contributed by atoms with E-state index in [9.17, 15) is 5.11 Å². The molecule has 1 aromatic carbocycles. The molecule has 0 aliphatic rings. The van der Waals surface area contributed by atoms with E-state index in [4.69, 9.17) is 4.42 Å². The minimum absolute atomic E-state index is 0.276. The summed E-state index contributed by atoms with van der Waals surface area (Å²) >= 11 is 0. The summed E-state index contributed by atoms with van der Waals surface area (Å²) in [6, 6.07) is 11.9. The number of guanidine groups is 1. The standard InChI is InChI=1S/C21H28N6O2/c1-4-23-20(25-13-21(3,28)19-9-8-16(2)29-19)24-11-17-6-5-7-18(10-17)12-27-15-22-14-26-27/h5-10,14-15,28H,4,11-13H2,1-3H3,(H2,23,24,25). The molecule has 0 amide bonds. The smallest absolute Gasteiger partial charge is 0.191 e. The van der Waals surface area contributed by atoms with E-state index in [1.54, 1.807) is 24.0 Å². The number of rotatable bonds is 8. The zero-order chi connectivity index (χ0) is 20.7. The van der Waals surface area contributed by atoms with Gasteiger partial charge in [-0.15, -0.1) is 0 Å². The zero-order valence-corrected chi connectivity index (χ0v) is 17.1. The van der Waals surface area contributed by atoms with Gasteiger partial charge in [-0.3, -0.25) is 0 Å². The highest BCUT2D eigenvalue weighted by Crippen LogP contribution is 2.21. The minimum Gasteiger partial charge on any atom is -0.463 e. The molecule has 0 aliphatic heterocycles.